The van der Waals surface area contributed by atoms with Gasteiger partial charge in [0.1, 0.15) is 12.1 Å². The summed E-state index contributed by atoms with van der Waals surface area (Å²) in [4.78, 5) is 19.1. The largest absolute Gasteiger partial charge is 0.338 e. The quantitative estimate of drug-likeness (QED) is 0.848. The molecule has 0 N–H and O–H groups in total. The minimum atomic E-state index is -0.426. The van der Waals surface area contributed by atoms with Gasteiger partial charge in [-0.25, -0.2) is 9.37 Å². The van der Waals surface area contributed by atoms with Gasteiger partial charge in [0.05, 0.1) is 5.69 Å². The lowest BCUT2D eigenvalue weighted by Gasteiger charge is -2.32. The van der Waals surface area contributed by atoms with E-state index in [0.29, 0.717) is 12.1 Å². The fraction of sp³-hybridized carbons (Fsp3) is 0.263. The molecule has 1 saturated heterocycles. The summed E-state index contributed by atoms with van der Waals surface area (Å²) in [6.07, 6.45) is 10.1. The van der Waals surface area contributed by atoms with Gasteiger partial charge in [0.2, 0.25) is 0 Å². The SMILES string of the molecule is O=C(c1ccc(F)cc1)N1CCC[C@H](c2cn([SH]3C=CC=C3)cn2)C1. The first-order valence-electron chi connectivity index (χ1n) is 8.43. The number of benzene rings is 1. The summed E-state index contributed by atoms with van der Waals surface area (Å²) in [5, 5.41) is 4.37. The molecule has 0 unspecified atom stereocenters. The first-order valence-corrected chi connectivity index (χ1v) is 9.86. The van der Waals surface area contributed by atoms with Crippen LogP contribution in [0.25, 0.3) is 0 Å². The van der Waals surface area contributed by atoms with Crippen LogP contribution >= 0.6 is 11.1 Å². The van der Waals surface area contributed by atoms with Gasteiger partial charge in [-0.2, -0.15) is 0 Å². The number of imidazole rings is 1. The Morgan fingerprint density at radius 1 is 1.20 bits per heavy atom. The third-order valence-electron chi connectivity index (χ3n) is 4.66. The van der Waals surface area contributed by atoms with Gasteiger partial charge in [-0.15, -0.1) is 11.1 Å². The second-order valence-electron chi connectivity index (χ2n) is 6.34. The number of allylic oxidation sites excluding steroid dienone is 2. The summed E-state index contributed by atoms with van der Waals surface area (Å²) in [5.74, 6) is -0.101. The lowest BCUT2D eigenvalue weighted by atomic mass is 9.95. The summed E-state index contributed by atoms with van der Waals surface area (Å²) in [6.45, 7) is 1.41. The smallest absolute Gasteiger partial charge is 0.253 e. The molecule has 0 aliphatic carbocycles. The summed E-state index contributed by atoms with van der Waals surface area (Å²) in [6, 6.07) is 5.77. The Morgan fingerprint density at radius 2 is 1.96 bits per heavy atom. The van der Waals surface area contributed by atoms with Crippen LogP contribution in [0, 0.1) is 5.82 Å². The van der Waals surface area contributed by atoms with E-state index in [9.17, 15) is 9.18 Å². The Balaban J connectivity index is 1.47. The maximum atomic E-state index is 13.1. The number of aromatic nitrogens is 2. The summed E-state index contributed by atoms with van der Waals surface area (Å²) in [7, 11) is 0. The zero-order chi connectivity index (χ0) is 17.2. The van der Waals surface area contributed by atoms with Crippen molar-refractivity contribution in [3.05, 3.63) is 76.8 Å². The number of nitrogens with zero attached hydrogens (tertiary/aromatic N) is 3. The number of carbonyl (C=O) groups excluding carboxylic acids is 1. The van der Waals surface area contributed by atoms with Gasteiger partial charge in [0, 0.05) is 30.8 Å². The minimum absolute atomic E-state index is 0.0323. The molecule has 4 rings (SSSR count). The average Bonchev–Trinajstić information content (AvgIpc) is 3.33. The topological polar surface area (TPSA) is 38.1 Å². The van der Waals surface area contributed by atoms with E-state index in [1.54, 1.807) is 12.1 Å². The van der Waals surface area contributed by atoms with Crippen LogP contribution in [0.2, 0.25) is 0 Å². The van der Waals surface area contributed by atoms with Crippen LogP contribution < -0.4 is 0 Å². The molecule has 2 aliphatic heterocycles. The molecule has 0 spiro atoms. The van der Waals surface area contributed by atoms with Crippen molar-refractivity contribution >= 4 is 17.0 Å². The summed E-state index contributed by atoms with van der Waals surface area (Å²) < 4.78 is 15.2. The van der Waals surface area contributed by atoms with Crippen LogP contribution in [0.5, 0.6) is 0 Å². The van der Waals surface area contributed by atoms with E-state index >= 15 is 0 Å². The highest BCUT2D eigenvalue weighted by atomic mass is 32.2. The molecule has 130 valence electrons. The zero-order valence-corrected chi connectivity index (χ0v) is 14.6. The number of likely N-dealkylation sites (tertiary alicyclic amines) is 1. The molecular weight excluding hydrogens is 337 g/mol. The first kappa shape index (κ1) is 16.1. The summed E-state index contributed by atoms with van der Waals surface area (Å²) in [5.41, 5.74) is 1.59. The van der Waals surface area contributed by atoms with E-state index in [1.165, 1.54) is 12.1 Å². The molecule has 6 heteroatoms. The number of thiol groups is 1. The standard InChI is InChI=1S/C19H20FN3OS/c20-17-7-5-15(6-8-17)19(24)22-9-3-4-16(12-22)18-13-23(14-21-18)25-10-1-2-11-25/h1-2,5-8,10-11,13-14,16,25H,3-4,9,12H2/t16-/m0/s1. The van der Waals surface area contributed by atoms with Crippen molar-refractivity contribution in [3.8, 4) is 0 Å². The number of carbonyl (C=O) groups is 1. The van der Waals surface area contributed by atoms with E-state index in [0.717, 1.165) is 25.1 Å². The maximum absolute atomic E-state index is 13.1. The van der Waals surface area contributed by atoms with E-state index in [2.05, 4.69) is 38.1 Å². The second-order valence-corrected chi connectivity index (χ2v) is 8.16. The van der Waals surface area contributed by atoms with E-state index in [-0.39, 0.29) is 17.6 Å². The molecule has 1 fully saturated rings. The van der Waals surface area contributed by atoms with Crippen LogP contribution in [0.15, 0.2) is 59.8 Å². The molecule has 1 atom stereocenters. The van der Waals surface area contributed by atoms with Gasteiger partial charge >= 0.3 is 0 Å². The van der Waals surface area contributed by atoms with Gasteiger partial charge in [-0.1, -0.05) is 12.2 Å². The van der Waals surface area contributed by atoms with E-state index in [4.69, 9.17) is 0 Å². The van der Waals surface area contributed by atoms with Crippen molar-refractivity contribution in [2.75, 3.05) is 13.1 Å². The van der Waals surface area contributed by atoms with Crippen LogP contribution in [0.3, 0.4) is 0 Å². The van der Waals surface area contributed by atoms with Crippen molar-refractivity contribution in [2.45, 2.75) is 18.8 Å². The molecule has 2 aliphatic rings. The Morgan fingerprint density at radius 3 is 2.72 bits per heavy atom. The monoisotopic (exact) mass is 357 g/mol. The highest BCUT2D eigenvalue weighted by Gasteiger charge is 2.27. The van der Waals surface area contributed by atoms with Gasteiger partial charge in [0.15, 0.2) is 0 Å². The van der Waals surface area contributed by atoms with Crippen LogP contribution in [-0.4, -0.2) is 32.9 Å². The van der Waals surface area contributed by atoms with Crippen LogP contribution in [0.4, 0.5) is 4.39 Å². The molecule has 25 heavy (non-hydrogen) atoms. The lowest BCUT2D eigenvalue weighted by molar-refractivity contribution is 0.0706. The van der Waals surface area contributed by atoms with Crippen LogP contribution in [0.1, 0.15) is 34.8 Å². The lowest BCUT2D eigenvalue weighted by Crippen LogP contribution is -2.39. The molecule has 0 radical (unpaired) electrons. The third kappa shape index (κ3) is 3.39. The van der Waals surface area contributed by atoms with Gasteiger partial charge in [-0.05, 0) is 47.9 Å². The van der Waals surface area contributed by atoms with E-state index < -0.39 is 11.1 Å². The summed E-state index contributed by atoms with van der Waals surface area (Å²) >= 11 is -0.426. The number of amides is 1. The fourth-order valence-electron chi connectivity index (χ4n) is 3.32. The number of hydrogen-bond acceptors (Lipinski definition) is 2. The van der Waals surface area contributed by atoms with Crippen molar-refractivity contribution in [2.24, 2.45) is 0 Å². The Hall–Kier alpha value is -2.34. The van der Waals surface area contributed by atoms with Crippen LogP contribution in [-0.2, 0) is 0 Å². The highest BCUT2D eigenvalue weighted by Crippen LogP contribution is 2.36. The average molecular weight is 357 g/mol. The first-order chi connectivity index (χ1) is 12.2. The van der Waals surface area contributed by atoms with Gasteiger partial charge < -0.3 is 4.90 Å². The number of rotatable bonds is 3. The fourth-order valence-corrected chi connectivity index (χ4v) is 4.70. The van der Waals surface area contributed by atoms with Gasteiger partial charge in [0.25, 0.3) is 5.91 Å². The second kappa shape index (κ2) is 6.88. The molecule has 1 aromatic carbocycles. The maximum Gasteiger partial charge on any atom is 0.253 e. The zero-order valence-electron chi connectivity index (χ0n) is 13.8. The van der Waals surface area contributed by atoms with Crippen molar-refractivity contribution in [1.29, 1.82) is 0 Å². The molecule has 4 nitrogen and oxygen atoms in total. The predicted octanol–water partition coefficient (Wildman–Crippen LogP) is 3.85. The van der Waals surface area contributed by atoms with Crippen molar-refractivity contribution < 1.29 is 9.18 Å². The number of hydrogen-bond donors (Lipinski definition) is 1. The molecule has 0 saturated carbocycles. The van der Waals surface area contributed by atoms with Crippen molar-refractivity contribution in [1.82, 2.24) is 13.9 Å². The number of halogens is 1. The highest BCUT2D eigenvalue weighted by molar-refractivity contribution is 8.21. The van der Waals surface area contributed by atoms with Gasteiger partial charge in [-0.3, -0.25) is 8.77 Å². The molecule has 3 heterocycles. The molecule has 0 bridgehead atoms. The molecule has 2 aromatic rings. The number of piperidine rings is 1. The molecular formula is C19H20FN3OS. The van der Waals surface area contributed by atoms with Crippen molar-refractivity contribution in [3.63, 3.8) is 0 Å². The molecule has 1 amide bonds. The molecule has 1 aromatic heterocycles. The van der Waals surface area contributed by atoms with E-state index in [1.807, 2.05) is 11.2 Å². The Kier molecular flexibility index (Phi) is 4.44. The minimum Gasteiger partial charge on any atom is -0.338 e. The Bertz CT molecular complexity index is 815. The third-order valence-corrected chi connectivity index (χ3v) is 6.37. The predicted molar refractivity (Wildman–Crippen MR) is 99.2 cm³/mol. The normalized spacial score (nSPS) is 21.1. The Labute approximate surface area is 149 Å².